The molecule has 1 aliphatic rings. The van der Waals surface area contributed by atoms with Crippen LogP contribution in [0.5, 0.6) is 0 Å². The van der Waals surface area contributed by atoms with Crippen LogP contribution in [-0.4, -0.2) is 34.0 Å². The number of hydrogen-bond acceptors (Lipinski definition) is 2. The number of carbonyl (C=O) groups excluding carboxylic acids is 1. The fourth-order valence-corrected chi connectivity index (χ4v) is 2.33. The Morgan fingerprint density at radius 3 is 2.68 bits per heavy atom. The van der Waals surface area contributed by atoms with Gasteiger partial charge in [-0.15, -0.1) is 0 Å². The van der Waals surface area contributed by atoms with Crippen molar-refractivity contribution in [2.45, 2.75) is 25.3 Å². The van der Waals surface area contributed by atoms with E-state index in [1.165, 1.54) is 13.0 Å². The molecule has 1 fully saturated rings. The molecule has 0 saturated carbocycles. The second-order valence-electron chi connectivity index (χ2n) is 4.74. The number of rotatable bonds is 2. The molecule has 1 saturated heterocycles. The predicted octanol–water partition coefficient (Wildman–Crippen LogP) is 2.04. The third-order valence-corrected chi connectivity index (χ3v) is 3.53. The molecular formula is C13H13F2NO3. The lowest BCUT2D eigenvalue weighted by Gasteiger charge is -2.31. The first-order valence-corrected chi connectivity index (χ1v) is 5.87. The van der Waals surface area contributed by atoms with Crippen LogP contribution in [0.2, 0.25) is 0 Å². The molecule has 19 heavy (non-hydrogen) atoms. The molecule has 0 aromatic heterocycles. The van der Waals surface area contributed by atoms with Crippen molar-refractivity contribution in [2.24, 2.45) is 0 Å². The number of nitrogens with zero attached hydrogens (tertiary/aromatic N) is 1. The van der Waals surface area contributed by atoms with E-state index in [1.807, 2.05) is 0 Å². The highest BCUT2D eigenvalue weighted by atomic mass is 19.2. The van der Waals surface area contributed by atoms with Gasteiger partial charge in [0.05, 0.1) is 5.56 Å². The zero-order valence-corrected chi connectivity index (χ0v) is 10.3. The molecule has 6 heteroatoms. The van der Waals surface area contributed by atoms with Crippen LogP contribution in [0.3, 0.4) is 0 Å². The van der Waals surface area contributed by atoms with Crippen molar-refractivity contribution in [1.29, 1.82) is 0 Å². The summed E-state index contributed by atoms with van der Waals surface area (Å²) in [6.07, 6.45) is 0.816. The molecule has 1 atom stereocenters. The van der Waals surface area contributed by atoms with Crippen molar-refractivity contribution in [1.82, 2.24) is 4.90 Å². The molecule has 0 bridgehead atoms. The van der Waals surface area contributed by atoms with E-state index in [2.05, 4.69) is 0 Å². The fraction of sp³-hybridized carbons (Fsp3) is 0.385. The number of carboxylic acids is 1. The average Bonchev–Trinajstić information content (AvgIpc) is 2.75. The molecule has 0 spiro atoms. The molecule has 1 N–H and O–H groups in total. The summed E-state index contributed by atoms with van der Waals surface area (Å²) in [7, 11) is 0. The van der Waals surface area contributed by atoms with Gasteiger partial charge in [0.2, 0.25) is 0 Å². The lowest BCUT2D eigenvalue weighted by Crippen LogP contribution is -2.51. The Balaban J connectivity index is 2.39. The lowest BCUT2D eigenvalue weighted by molar-refractivity contribution is -0.147. The number of halogens is 2. The summed E-state index contributed by atoms with van der Waals surface area (Å²) < 4.78 is 26.7. The quantitative estimate of drug-likeness (QED) is 0.893. The number of carbonyl (C=O) groups is 2. The van der Waals surface area contributed by atoms with Gasteiger partial charge >= 0.3 is 5.97 Å². The molecule has 1 unspecified atom stereocenters. The molecule has 1 aromatic rings. The Kier molecular flexibility index (Phi) is 3.26. The molecule has 0 aliphatic carbocycles. The Morgan fingerprint density at radius 2 is 2.05 bits per heavy atom. The van der Waals surface area contributed by atoms with Crippen LogP contribution in [-0.2, 0) is 4.79 Å². The smallest absolute Gasteiger partial charge is 0.329 e. The van der Waals surface area contributed by atoms with Crippen LogP contribution >= 0.6 is 0 Å². The molecular weight excluding hydrogens is 256 g/mol. The summed E-state index contributed by atoms with van der Waals surface area (Å²) in [5.74, 6) is -4.30. The SMILES string of the molecule is CC1(C(=O)O)CCCN1C(=O)c1cccc(F)c1F. The number of carboxylic acid groups (broad SMARTS) is 1. The first kappa shape index (κ1) is 13.5. The fourth-order valence-electron chi connectivity index (χ4n) is 2.33. The highest BCUT2D eigenvalue weighted by Gasteiger charge is 2.46. The minimum atomic E-state index is -1.37. The number of likely N-dealkylation sites (tertiary alicyclic amines) is 1. The zero-order chi connectivity index (χ0) is 14.2. The number of hydrogen-bond donors (Lipinski definition) is 1. The molecule has 102 valence electrons. The van der Waals surface area contributed by atoms with Gasteiger partial charge in [0, 0.05) is 6.54 Å². The highest BCUT2D eigenvalue weighted by Crippen LogP contribution is 2.31. The largest absolute Gasteiger partial charge is 0.480 e. The van der Waals surface area contributed by atoms with E-state index in [1.54, 1.807) is 0 Å². The van der Waals surface area contributed by atoms with Crippen molar-refractivity contribution in [3.63, 3.8) is 0 Å². The van der Waals surface area contributed by atoms with Crippen molar-refractivity contribution >= 4 is 11.9 Å². The Hall–Kier alpha value is -1.98. The highest BCUT2D eigenvalue weighted by molar-refractivity contribution is 5.98. The standard InChI is InChI=1S/C13H13F2NO3/c1-13(12(18)19)6-3-7-16(13)11(17)8-4-2-5-9(14)10(8)15/h2,4-5H,3,6-7H2,1H3,(H,18,19). The predicted molar refractivity (Wildman–Crippen MR) is 62.7 cm³/mol. The summed E-state index contributed by atoms with van der Waals surface area (Å²) in [4.78, 5) is 24.5. The first-order valence-electron chi connectivity index (χ1n) is 5.87. The minimum Gasteiger partial charge on any atom is -0.480 e. The van der Waals surface area contributed by atoms with Gasteiger partial charge < -0.3 is 10.0 Å². The Labute approximate surface area is 108 Å². The number of amides is 1. The number of benzene rings is 1. The Bertz CT molecular complexity index is 547. The van der Waals surface area contributed by atoms with Gasteiger partial charge in [-0.05, 0) is 31.9 Å². The molecule has 1 amide bonds. The third-order valence-electron chi connectivity index (χ3n) is 3.53. The van der Waals surface area contributed by atoms with E-state index in [9.17, 15) is 23.5 Å². The van der Waals surface area contributed by atoms with E-state index in [0.717, 1.165) is 17.0 Å². The van der Waals surface area contributed by atoms with Gasteiger partial charge in [0.1, 0.15) is 5.54 Å². The minimum absolute atomic E-state index is 0.220. The maximum Gasteiger partial charge on any atom is 0.329 e. The average molecular weight is 269 g/mol. The van der Waals surface area contributed by atoms with E-state index in [-0.39, 0.29) is 6.54 Å². The molecule has 2 rings (SSSR count). The topological polar surface area (TPSA) is 57.6 Å². The number of aliphatic carboxylic acids is 1. The maximum absolute atomic E-state index is 13.6. The van der Waals surface area contributed by atoms with E-state index < -0.39 is 34.6 Å². The third kappa shape index (κ3) is 2.07. The van der Waals surface area contributed by atoms with E-state index in [0.29, 0.717) is 12.8 Å². The van der Waals surface area contributed by atoms with Gasteiger partial charge in [0.25, 0.3) is 5.91 Å². The van der Waals surface area contributed by atoms with Crippen molar-refractivity contribution in [3.8, 4) is 0 Å². The summed E-state index contributed by atoms with van der Waals surface area (Å²) in [5, 5.41) is 9.20. The first-order chi connectivity index (χ1) is 8.88. The summed E-state index contributed by atoms with van der Waals surface area (Å²) in [6.45, 7) is 1.63. The van der Waals surface area contributed by atoms with Gasteiger partial charge in [-0.25, -0.2) is 13.6 Å². The molecule has 0 radical (unpaired) electrons. The van der Waals surface area contributed by atoms with Crippen molar-refractivity contribution in [2.75, 3.05) is 6.54 Å². The maximum atomic E-state index is 13.6. The normalized spacial score (nSPS) is 22.6. The molecule has 1 aliphatic heterocycles. The van der Waals surface area contributed by atoms with Crippen molar-refractivity contribution < 1.29 is 23.5 Å². The molecule has 1 aromatic carbocycles. The van der Waals surface area contributed by atoms with Gasteiger partial charge in [-0.2, -0.15) is 0 Å². The van der Waals surface area contributed by atoms with Crippen LogP contribution in [0.25, 0.3) is 0 Å². The lowest BCUT2D eigenvalue weighted by atomic mass is 9.98. The monoisotopic (exact) mass is 269 g/mol. The van der Waals surface area contributed by atoms with Gasteiger partial charge in [-0.3, -0.25) is 4.79 Å². The van der Waals surface area contributed by atoms with Crippen LogP contribution < -0.4 is 0 Å². The zero-order valence-electron chi connectivity index (χ0n) is 10.3. The summed E-state index contributed by atoms with van der Waals surface area (Å²) in [5.41, 5.74) is -1.80. The second kappa shape index (κ2) is 4.60. The van der Waals surface area contributed by atoms with Gasteiger partial charge in [0.15, 0.2) is 11.6 Å². The van der Waals surface area contributed by atoms with E-state index in [4.69, 9.17) is 0 Å². The van der Waals surface area contributed by atoms with Gasteiger partial charge in [-0.1, -0.05) is 6.07 Å². The Morgan fingerprint density at radius 1 is 1.37 bits per heavy atom. The second-order valence-corrected chi connectivity index (χ2v) is 4.74. The summed E-state index contributed by atoms with van der Waals surface area (Å²) in [6, 6.07) is 3.29. The van der Waals surface area contributed by atoms with E-state index >= 15 is 0 Å². The van der Waals surface area contributed by atoms with Crippen LogP contribution in [0.1, 0.15) is 30.1 Å². The molecule has 1 heterocycles. The van der Waals surface area contributed by atoms with Crippen LogP contribution in [0, 0.1) is 11.6 Å². The van der Waals surface area contributed by atoms with Crippen LogP contribution in [0.4, 0.5) is 8.78 Å². The van der Waals surface area contributed by atoms with Crippen molar-refractivity contribution in [3.05, 3.63) is 35.4 Å². The molecule has 4 nitrogen and oxygen atoms in total. The summed E-state index contributed by atoms with van der Waals surface area (Å²) >= 11 is 0. The van der Waals surface area contributed by atoms with Crippen LogP contribution in [0.15, 0.2) is 18.2 Å².